The quantitative estimate of drug-likeness (QED) is 0.446. The van der Waals surface area contributed by atoms with Crippen LogP contribution in [-0.4, -0.2) is 27.0 Å². The van der Waals surface area contributed by atoms with Gasteiger partial charge >= 0.3 is 0 Å². The van der Waals surface area contributed by atoms with Crippen molar-refractivity contribution in [3.63, 3.8) is 0 Å². The highest BCUT2D eigenvalue weighted by atomic mass is 32.2. The van der Waals surface area contributed by atoms with Crippen LogP contribution >= 0.6 is 0 Å². The van der Waals surface area contributed by atoms with E-state index in [0.717, 1.165) is 33.2 Å². The Balaban J connectivity index is 1.99. The standard InChI is InChI=1S/C27H33N3O2S/c1-6-27(5,29-33(31,32)26-21(3)17-20(2)18-22(26)4)19-30(16-10-15-28)25-14-9-12-23-11-7-8-13-24(23)25/h7-9,11-14,17-18,29H,6,10,16,19H2,1-5H3/t27-/m0/s1. The number of hydrogen-bond acceptors (Lipinski definition) is 4. The van der Waals surface area contributed by atoms with Gasteiger partial charge in [0.2, 0.25) is 10.0 Å². The van der Waals surface area contributed by atoms with Crippen molar-refractivity contribution in [3.8, 4) is 6.07 Å². The lowest BCUT2D eigenvalue weighted by molar-refractivity contribution is 0.399. The molecule has 0 radical (unpaired) electrons. The number of sulfonamides is 1. The highest BCUT2D eigenvalue weighted by molar-refractivity contribution is 7.89. The zero-order valence-electron chi connectivity index (χ0n) is 20.1. The monoisotopic (exact) mass is 463 g/mol. The Kier molecular flexibility index (Phi) is 7.46. The van der Waals surface area contributed by atoms with E-state index in [1.54, 1.807) is 0 Å². The molecule has 0 saturated carbocycles. The van der Waals surface area contributed by atoms with Crippen molar-refractivity contribution in [2.45, 2.75) is 57.9 Å². The third-order valence-corrected chi connectivity index (χ3v) is 8.12. The maximum Gasteiger partial charge on any atom is 0.241 e. The van der Waals surface area contributed by atoms with E-state index in [0.29, 0.717) is 30.8 Å². The Morgan fingerprint density at radius 3 is 2.30 bits per heavy atom. The number of anilines is 1. The van der Waals surface area contributed by atoms with Crippen molar-refractivity contribution in [3.05, 3.63) is 71.3 Å². The summed E-state index contributed by atoms with van der Waals surface area (Å²) in [6.45, 7) is 10.5. The van der Waals surface area contributed by atoms with Crippen LogP contribution in [0.2, 0.25) is 0 Å². The molecule has 0 aliphatic heterocycles. The van der Waals surface area contributed by atoms with Crippen molar-refractivity contribution >= 4 is 26.5 Å². The normalized spacial score (nSPS) is 13.5. The average molecular weight is 464 g/mol. The number of rotatable bonds is 9. The first kappa shape index (κ1) is 24.8. The van der Waals surface area contributed by atoms with Gasteiger partial charge in [0, 0.05) is 29.7 Å². The molecule has 0 amide bonds. The third-order valence-electron chi connectivity index (χ3n) is 6.18. The van der Waals surface area contributed by atoms with Gasteiger partial charge in [0.05, 0.1) is 17.4 Å². The SMILES string of the molecule is CC[C@@](C)(CN(CCC#N)c1cccc2ccccc12)NS(=O)(=O)c1c(C)cc(C)cc1C. The summed E-state index contributed by atoms with van der Waals surface area (Å²) in [4.78, 5) is 2.48. The van der Waals surface area contributed by atoms with E-state index in [9.17, 15) is 13.7 Å². The lowest BCUT2D eigenvalue weighted by Gasteiger charge is -2.37. The molecule has 174 valence electrons. The lowest BCUT2D eigenvalue weighted by Crippen LogP contribution is -2.53. The molecule has 0 aromatic heterocycles. The molecule has 33 heavy (non-hydrogen) atoms. The van der Waals surface area contributed by atoms with Gasteiger partial charge in [0.1, 0.15) is 0 Å². The Hall–Kier alpha value is -2.88. The molecular weight excluding hydrogens is 430 g/mol. The fourth-order valence-corrected chi connectivity index (χ4v) is 6.48. The van der Waals surface area contributed by atoms with Gasteiger partial charge in [-0.3, -0.25) is 0 Å². The Morgan fingerprint density at radius 2 is 1.67 bits per heavy atom. The van der Waals surface area contributed by atoms with Gasteiger partial charge in [-0.2, -0.15) is 5.26 Å². The minimum absolute atomic E-state index is 0.349. The van der Waals surface area contributed by atoms with Gasteiger partial charge in [0.25, 0.3) is 0 Å². The van der Waals surface area contributed by atoms with E-state index in [2.05, 4.69) is 33.9 Å². The van der Waals surface area contributed by atoms with Gasteiger partial charge in [-0.05, 0) is 56.7 Å². The van der Waals surface area contributed by atoms with Crippen LogP contribution < -0.4 is 9.62 Å². The number of hydrogen-bond donors (Lipinski definition) is 1. The molecule has 1 N–H and O–H groups in total. The van der Waals surface area contributed by atoms with Crippen molar-refractivity contribution in [2.75, 3.05) is 18.0 Å². The van der Waals surface area contributed by atoms with Crippen LogP contribution in [0, 0.1) is 32.1 Å². The summed E-state index contributed by atoms with van der Waals surface area (Å²) in [5.41, 5.74) is 2.81. The number of aryl methyl sites for hydroxylation is 3. The van der Waals surface area contributed by atoms with E-state index in [-0.39, 0.29) is 0 Å². The molecule has 0 heterocycles. The van der Waals surface area contributed by atoms with Crippen LogP contribution in [0.4, 0.5) is 5.69 Å². The number of nitrogens with zero attached hydrogens (tertiary/aromatic N) is 2. The third kappa shape index (κ3) is 5.55. The van der Waals surface area contributed by atoms with E-state index in [1.165, 1.54) is 0 Å². The van der Waals surface area contributed by atoms with Crippen LogP contribution in [0.15, 0.2) is 59.5 Å². The van der Waals surface area contributed by atoms with E-state index >= 15 is 0 Å². The highest BCUT2D eigenvalue weighted by Gasteiger charge is 2.33. The Labute approximate surface area is 198 Å². The molecule has 5 nitrogen and oxygen atoms in total. The summed E-state index contributed by atoms with van der Waals surface area (Å²) in [6, 6.07) is 20.3. The first-order valence-corrected chi connectivity index (χ1v) is 12.8. The second-order valence-electron chi connectivity index (χ2n) is 9.08. The van der Waals surface area contributed by atoms with Crippen molar-refractivity contribution in [2.24, 2.45) is 0 Å². The topological polar surface area (TPSA) is 73.2 Å². The van der Waals surface area contributed by atoms with Gasteiger partial charge in [-0.25, -0.2) is 13.1 Å². The predicted molar refractivity (Wildman–Crippen MR) is 136 cm³/mol. The Morgan fingerprint density at radius 1 is 1.03 bits per heavy atom. The second kappa shape index (κ2) is 9.94. The summed E-state index contributed by atoms with van der Waals surface area (Å²) in [6.07, 6.45) is 0.954. The highest BCUT2D eigenvalue weighted by Crippen LogP contribution is 2.30. The minimum Gasteiger partial charge on any atom is -0.368 e. The first-order valence-electron chi connectivity index (χ1n) is 11.3. The molecule has 3 rings (SSSR count). The Bertz CT molecular complexity index is 1270. The van der Waals surface area contributed by atoms with E-state index in [1.807, 2.05) is 71.0 Å². The number of fused-ring (bicyclic) bond motifs is 1. The number of nitrogens with one attached hydrogen (secondary N) is 1. The molecule has 6 heteroatoms. The fraction of sp³-hybridized carbons (Fsp3) is 0.370. The van der Waals surface area contributed by atoms with Crippen LogP contribution in [0.1, 0.15) is 43.4 Å². The maximum atomic E-state index is 13.5. The molecule has 3 aromatic carbocycles. The van der Waals surface area contributed by atoms with Gasteiger partial charge in [-0.1, -0.05) is 61.0 Å². The maximum absolute atomic E-state index is 13.5. The summed E-state index contributed by atoms with van der Waals surface area (Å²) >= 11 is 0. The van der Waals surface area contributed by atoms with Gasteiger partial charge < -0.3 is 4.90 Å². The van der Waals surface area contributed by atoms with Crippen LogP contribution in [0.3, 0.4) is 0 Å². The molecule has 0 aliphatic rings. The second-order valence-corrected chi connectivity index (χ2v) is 10.7. The molecule has 0 aliphatic carbocycles. The van der Waals surface area contributed by atoms with E-state index < -0.39 is 15.6 Å². The van der Waals surface area contributed by atoms with Crippen LogP contribution in [-0.2, 0) is 10.0 Å². The van der Waals surface area contributed by atoms with Crippen LogP contribution in [0.5, 0.6) is 0 Å². The van der Waals surface area contributed by atoms with E-state index in [4.69, 9.17) is 0 Å². The van der Waals surface area contributed by atoms with Gasteiger partial charge in [-0.15, -0.1) is 0 Å². The zero-order chi connectivity index (χ0) is 24.2. The molecule has 0 spiro atoms. The zero-order valence-corrected chi connectivity index (χ0v) is 21.0. The smallest absolute Gasteiger partial charge is 0.241 e. The summed E-state index contributed by atoms with van der Waals surface area (Å²) in [5.74, 6) is 0. The largest absolute Gasteiger partial charge is 0.368 e. The molecule has 1 atom stereocenters. The van der Waals surface area contributed by atoms with Crippen molar-refractivity contribution < 1.29 is 8.42 Å². The van der Waals surface area contributed by atoms with Crippen LogP contribution in [0.25, 0.3) is 10.8 Å². The molecule has 0 fully saturated rings. The summed E-state index contributed by atoms with van der Waals surface area (Å²) < 4.78 is 30.1. The first-order chi connectivity index (χ1) is 15.6. The number of nitriles is 1. The average Bonchev–Trinajstić information content (AvgIpc) is 2.75. The molecular formula is C27H33N3O2S. The van der Waals surface area contributed by atoms with Gasteiger partial charge in [0.15, 0.2) is 0 Å². The minimum atomic E-state index is -3.74. The molecule has 0 saturated heterocycles. The lowest BCUT2D eigenvalue weighted by atomic mass is 9.98. The fourth-order valence-electron chi connectivity index (χ4n) is 4.56. The molecule has 0 unspecified atom stereocenters. The van der Waals surface area contributed by atoms with Crippen molar-refractivity contribution in [1.82, 2.24) is 4.72 Å². The summed E-state index contributed by atoms with van der Waals surface area (Å²) in [7, 11) is -3.74. The predicted octanol–water partition coefficient (Wildman–Crippen LogP) is 5.63. The molecule has 0 bridgehead atoms. The molecule has 3 aromatic rings. The van der Waals surface area contributed by atoms with Crippen molar-refractivity contribution in [1.29, 1.82) is 5.26 Å². The number of benzene rings is 3. The summed E-state index contributed by atoms with van der Waals surface area (Å²) in [5, 5.41) is 11.5.